The molecule has 1 atom stereocenters. The van der Waals surface area contributed by atoms with E-state index >= 15 is 0 Å². The highest BCUT2D eigenvalue weighted by Crippen LogP contribution is 2.09. The van der Waals surface area contributed by atoms with Gasteiger partial charge in [0.05, 0.1) is 31.5 Å². The van der Waals surface area contributed by atoms with Crippen LogP contribution < -0.4 is 16.6 Å². The minimum absolute atomic E-state index is 0.103. The Morgan fingerprint density at radius 2 is 2.44 bits per heavy atom. The molecule has 0 bridgehead atoms. The van der Waals surface area contributed by atoms with Crippen LogP contribution >= 0.6 is 0 Å². The van der Waals surface area contributed by atoms with Gasteiger partial charge in [0.1, 0.15) is 0 Å². The molecule has 1 aromatic heterocycles. The van der Waals surface area contributed by atoms with E-state index in [1.807, 2.05) is 0 Å². The maximum atomic E-state index is 11.9. The summed E-state index contributed by atoms with van der Waals surface area (Å²) >= 11 is 0. The minimum atomic E-state index is -0.245. The molecule has 98 valence electrons. The highest BCUT2D eigenvalue weighted by atomic mass is 16.6. The summed E-state index contributed by atoms with van der Waals surface area (Å²) in [5.41, 5.74) is 2.79. The van der Waals surface area contributed by atoms with E-state index in [4.69, 9.17) is 15.3 Å². The molecule has 1 saturated heterocycles. The number of hydrogen-bond acceptors (Lipinski definition) is 6. The van der Waals surface area contributed by atoms with E-state index in [0.29, 0.717) is 37.7 Å². The van der Waals surface area contributed by atoms with Gasteiger partial charge >= 0.3 is 0 Å². The normalized spacial score (nSPS) is 19.3. The molecule has 1 aromatic rings. The van der Waals surface area contributed by atoms with Crippen molar-refractivity contribution < 1.29 is 14.3 Å². The Labute approximate surface area is 105 Å². The van der Waals surface area contributed by atoms with Gasteiger partial charge in [-0.05, 0) is 12.1 Å². The molecule has 1 aliphatic rings. The quantitative estimate of drug-likeness (QED) is 0.494. The maximum absolute atomic E-state index is 11.9. The molecular weight excluding hydrogens is 236 g/mol. The van der Waals surface area contributed by atoms with Crippen LogP contribution in [0, 0.1) is 0 Å². The van der Waals surface area contributed by atoms with Gasteiger partial charge in [0.15, 0.2) is 5.82 Å². The predicted octanol–water partition coefficient (Wildman–Crippen LogP) is -0.488. The van der Waals surface area contributed by atoms with Gasteiger partial charge in [-0.15, -0.1) is 0 Å². The van der Waals surface area contributed by atoms with Crippen LogP contribution in [0.2, 0.25) is 0 Å². The third kappa shape index (κ3) is 3.16. The van der Waals surface area contributed by atoms with Crippen LogP contribution in [0.1, 0.15) is 10.4 Å². The zero-order chi connectivity index (χ0) is 12.8. The van der Waals surface area contributed by atoms with Crippen LogP contribution in [0.3, 0.4) is 0 Å². The van der Waals surface area contributed by atoms with E-state index in [2.05, 4.69) is 15.7 Å². The van der Waals surface area contributed by atoms with Gasteiger partial charge < -0.3 is 20.2 Å². The van der Waals surface area contributed by atoms with Gasteiger partial charge in [-0.2, -0.15) is 0 Å². The molecule has 0 aliphatic carbocycles. The van der Waals surface area contributed by atoms with Gasteiger partial charge in [-0.3, -0.25) is 4.79 Å². The van der Waals surface area contributed by atoms with Gasteiger partial charge in [0, 0.05) is 12.7 Å². The minimum Gasteiger partial charge on any atom is -0.376 e. The fourth-order valence-electron chi connectivity index (χ4n) is 1.66. The van der Waals surface area contributed by atoms with Crippen molar-refractivity contribution in [1.29, 1.82) is 0 Å². The van der Waals surface area contributed by atoms with Crippen LogP contribution in [0.5, 0.6) is 0 Å². The summed E-state index contributed by atoms with van der Waals surface area (Å²) in [6.07, 6.45) is 1.46. The number of hydrogen-bond donors (Lipinski definition) is 3. The van der Waals surface area contributed by atoms with E-state index in [0.717, 1.165) is 0 Å². The van der Waals surface area contributed by atoms with Gasteiger partial charge in [-0.1, -0.05) is 0 Å². The Kier molecular flexibility index (Phi) is 4.46. The van der Waals surface area contributed by atoms with Crippen molar-refractivity contribution in [2.24, 2.45) is 5.84 Å². The first kappa shape index (κ1) is 12.7. The highest BCUT2D eigenvalue weighted by molar-refractivity contribution is 5.98. The maximum Gasteiger partial charge on any atom is 0.255 e. The summed E-state index contributed by atoms with van der Waals surface area (Å²) in [5, 5.41) is 2.76. The van der Waals surface area contributed by atoms with Crippen molar-refractivity contribution in [3.05, 3.63) is 23.9 Å². The van der Waals surface area contributed by atoms with Crippen LogP contribution in [0.25, 0.3) is 0 Å². The zero-order valence-corrected chi connectivity index (χ0v) is 9.89. The molecule has 2 heterocycles. The zero-order valence-electron chi connectivity index (χ0n) is 9.89. The van der Waals surface area contributed by atoms with E-state index in [9.17, 15) is 4.79 Å². The Bertz CT molecular complexity index is 407. The number of rotatable bonds is 4. The summed E-state index contributed by atoms with van der Waals surface area (Å²) in [5.74, 6) is 5.39. The molecule has 1 fully saturated rings. The number of nitrogens with two attached hydrogens (primary N) is 1. The number of ether oxygens (including phenoxy) is 2. The van der Waals surface area contributed by atoms with E-state index in [-0.39, 0.29) is 12.0 Å². The van der Waals surface area contributed by atoms with Crippen molar-refractivity contribution in [2.75, 3.05) is 31.8 Å². The number of nitrogen functional groups attached to an aromatic ring is 1. The second-order valence-corrected chi connectivity index (χ2v) is 3.82. The summed E-state index contributed by atoms with van der Waals surface area (Å²) in [7, 11) is 0. The summed E-state index contributed by atoms with van der Waals surface area (Å²) in [4.78, 5) is 15.9. The monoisotopic (exact) mass is 252 g/mol. The fourth-order valence-corrected chi connectivity index (χ4v) is 1.66. The molecule has 0 radical (unpaired) electrons. The lowest BCUT2D eigenvalue weighted by Crippen LogP contribution is -2.40. The lowest BCUT2D eigenvalue weighted by molar-refractivity contribution is -0.0855. The topological polar surface area (TPSA) is 98.5 Å². The molecule has 1 amide bonds. The van der Waals surface area contributed by atoms with Crippen LogP contribution in [-0.4, -0.2) is 43.4 Å². The molecule has 2 rings (SSSR count). The molecule has 0 spiro atoms. The molecule has 1 unspecified atom stereocenters. The van der Waals surface area contributed by atoms with Crippen molar-refractivity contribution in [1.82, 2.24) is 10.3 Å². The largest absolute Gasteiger partial charge is 0.376 e. The number of carbonyl (C=O) groups excluding carboxylic acids is 1. The van der Waals surface area contributed by atoms with E-state index in [1.165, 1.54) is 0 Å². The molecule has 0 aromatic carbocycles. The summed E-state index contributed by atoms with van der Waals surface area (Å²) < 4.78 is 10.7. The molecule has 7 nitrogen and oxygen atoms in total. The third-order valence-electron chi connectivity index (χ3n) is 2.56. The first-order valence-corrected chi connectivity index (χ1v) is 5.70. The molecule has 18 heavy (non-hydrogen) atoms. The fraction of sp³-hybridized carbons (Fsp3) is 0.455. The van der Waals surface area contributed by atoms with Gasteiger partial charge in [0.2, 0.25) is 0 Å². The third-order valence-corrected chi connectivity index (χ3v) is 2.56. The number of anilines is 1. The first-order chi connectivity index (χ1) is 8.81. The predicted molar refractivity (Wildman–Crippen MR) is 64.9 cm³/mol. The molecule has 0 saturated carbocycles. The van der Waals surface area contributed by atoms with Crippen molar-refractivity contribution >= 4 is 11.7 Å². The van der Waals surface area contributed by atoms with Crippen LogP contribution in [-0.2, 0) is 9.47 Å². The number of nitrogens with zero attached hydrogens (tertiary/aromatic N) is 1. The SMILES string of the molecule is NNc1ncccc1C(=O)NCC1COCCO1. The lowest BCUT2D eigenvalue weighted by atomic mass is 10.2. The second-order valence-electron chi connectivity index (χ2n) is 3.82. The average molecular weight is 252 g/mol. The van der Waals surface area contributed by atoms with Gasteiger partial charge in [-0.25, -0.2) is 10.8 Å². The van der Waals surface area contributed by atoms with Crippen LogP contribution in [0.4, 0.5) is 5.82 Å². The Morgan fingerprint density at radius 1 is 1.56 bits per heavy atom. The number of amides is 1. The van der Waals surface area contributed by atoms with Crippen molar-refractivity contribution in [2.45, 2.75) is 6.10 Å². The van der Waals surface area contributed by atoms with E-state index < -0.39 is 0 Å². The first-order valence-electron chi connectivity index (χ1n) is 5.70. The Morgan fingerprint density at radius 3 is 3.17 bits per heavy atom. The smallest absolute Gasteiger partial charge is 0.255 e. The number of pyridine rings is 1. The Balaban J connectivity index is 1.90. The summed E-state index contributed by atoms with van der Waals surface area (Å²) in [6.45, 7) is 2.06. The van der Waals surface area contributed by atoms with E-state index in [1.54, 1.807) is 18.3 Å². The number of nitrogens with one attached hydrogen (secondary N) is 2. The molecular formula is C11H16N4O3. The molecule has 7 heteroatoms. The van der Waals surface area contributed by atoms with Gasteiger partial charge in [0.25, 0.3) is 5.91 Å². The average Bonchev–Trinajstić information content (AvgIpc) is 2.45. The number of hydrazine groups is 1. The van der Waals surface area contributed by atoms with Crippen molar-refractivity contribution in [3.8, 4) is 0 Å². The second kappa shape index (κ2) is 6.29. The molecule has 4 N–H and O–H groups in total. The highest BCUT2D eigenvalue weighted by Gasteiger charge is 2.17. The summed E-state index contributed by atoms with van der Waals surface area (Å²) in [6, 6.07) is 3.33. The lowest BCUT2D eigenvalue weighted by Gasteiger charge is -2.23. The van der Waals surface area contributed by atoms with Crippen LogP contribution in [0.15, 0.2) is 18.3 Å². The standard InChI is InChI=1S/C11H16N4O3/c12-15-10-9(2-1-3-13-10)11(16)14-6-8-7-17-4-5-18-8/h1-3,8H,4-7,12H2,(H,13,15)(H,14,16). The molecule has 1 aliphatic heterocycles. The number of aromatic nitrogens is 1. The number of carbonyl (C=O) groups is 1. The van der Waals surface area contributed by atoms with Crippen molar-refractivity contribution in [3.63, 3.8) is 0 Å². The Hall–Kier alpha value is -1.70.